The van der Waals surface area contributed by atoms with Crippen molar-refractivity contribution in [3.8, 4) is 23.0 Å². The molecule has 0 spiro atoms. The molecule has 3 amide bonds. The van der Waals surface area contributed by atoms with E-state index < -0.39 is 47.4 Å². The first-order chi connectivity index (χ1) is 43.0. The largest absolute Gasteiger partial charge is 0.473 e. The summed E-state index contributed by atoms with van der Waals surface area (Å²) < 4.78 is 114. The van der Waals surface area contributed by atoms with E-state index in [9.17, 15) is 45.1 Å². The Morgan fingerprint density at radius 1 is 0.742 bits per heavy atom. The van der Waals surface area contributed by atoms with Gasteiger partial charge in [0.2, 0.25) is 11.8 Å². The van der Waals surface area contributed by atoms with E-state index in [1.54, 1.807) is 29.2 Å². The third-order valence-corrected chi connectivity index (χ3v) is 14.6. The first kappa shape index (κ1) is 57.1. The van der Waals surface area contributed by atoms with Gasteiger partial charge in [0, 0.05) is 55.3 Å². The summed E-state index contributed by atoms with van der Waals surface area (Å²) in [7, 11) is 0. The highest BCUT2D eigenvalue weighted by molar-refractivity contribution is 6.25. The number of carbonyl (C=O) groups excluding carboxylic acids is 3. The van der Waals surface area contributed by atoms with Gasteiger partial charge in [0.1, 0.15) is 53.0 Å². The number of allylic oxidation sites excluding steroid dienone is 6. The number of anilines is 5. The Labute approximate surface area is 498 Å². The topological polar surface area (TPSA) is 239 Å². The van der Waals surface area contributed by atoms with Crippen molar-refractivity contribution in [1.82, 2.24) is 54.3 Å². The van der Waals surface area contributed by atoms with E-state index in [1.807, 2.05) is 11.0 Å². The van der Waals surface area contributed by atoms with E-state index in [1.165, 1.54) is 118 Å². The molecule has 7 aromatic heterocycles. The second kappa shape index (κ2) is 23.3. The Hall–Kier alpha value is -11.0. The number of aliphatic imine (C=N–C) groups is 1. The van der Waals surface area contributed by atoms with Crippen LogP contribution in [-0.4, -0.2) is 130 Å². The van der Waals surface area contributed by atoms with Crippen LogP contribution in [0.3, 0.4) is 0 Å². The number of fused-ring (bicyclic) bond motifs is 3. The highest BCUT2D eigenvalue weighted by atomic mass is 19.4. The molecule has 0 saturated carbocycles. The molecule has 2 fully saturated rings. The van der Waals surface area contributed by atoms with E-state index in [0.29, 0.717) is 55.9 Å². The lowest BCUT2D eigenvalue weighted by molar-refractivity contribution is -0.137. The molecular weight excluding hydrogens is 1180 g/mol. The molecule has 3 N–H and O–H groups in total. The van der Waals surface area contributed by atoms with Gasteiger partial charge in [0.15, 0.2) is 22.8 Å². The summed E-state index contributed by atoms with van der Waals surface area (Å²) in [6.07, 6.45) is 1.12. The van der Waals surface area contributed by atoms with E-state index >= 15 is 0 Å². The van der Waals surface area contributed by atoms with Gasteiger partial charge in [-0.15, -0.1) is 10.3 Å². The minimum atomic E-state index is -4.75. The minimum absolute atomic E-state index is 0.0150. The van der Waals surface area contributed by atoms with Crippen LogP contribution >= 0.6 is 0 Å². The number of alkyl halides is 7. The molecule has 1 aromatic carbocycles. The Kier molecular flexibility index (Phi) is 15.0. The molecule has 89 heavy (non-hydrogen) atoms. The Bertz CT molecular complexity index is 4340. The number of amides is 3. The van der Waals surface area contributed by atoms with Crippen LogP contribution in [0.4, 0.5) is 59.8 Å². The zero-order valence-corrected chi connectivity index (χ0v) is 46.2. The van der Waals surface area contributed by atoms with Gasteiger partial charge in [0.25, 0.3) is 17.7 Å². The SMILES string of the molecule is O=C(Nc1cccc(OCc2cc(N3CC[C@H](F)C3)nn3c(C(=O)Nc4cccc(N5CCOCC5)n4)cnc23)n1)C1=CN(Oc2cccc(NC(=O)c3cnn4ccc(-c5ccccc5C(F)(F)F)nc34)n2)N2C=CC(=C3CC=CC=C3C(F)(F)F)N=C12. The number of nitrogens with one attached hydrogen (secondary N) is 3. The molecule has 1 atom stereocenters. The van der Waals surface area contributed by atoms with Crippen LogP contribution in [0.5, 0.6) is 11.8 Å². The monoisotopic (exact) mass is 1220 g/mol. The van der Waals surface area contributed by atoms with Gasteiger partial charge in [-0.1, -0.05) is 48.6 Å². The maximum absolute atomic E-state index is 14.6. The molecule has 0 unspecified atom stereocenters. The molecule has 11 heterocycles. The van der Waals surface area contributed by atoms with E-state index in [0.717, 1.165) is 17.3 Å². The minimum Gasteiger partial charge on any atom is -0.473 e. The van der Waals surface area contributed by atoms with Crippen LogP contribution in [0.25, 0.3) is 22.6 Å². The van der Waals surface area contributed by atoms with Crippen LogP contribution in [0, 0.1) is 0 Å². The molecule has 1 aliphatic carbocycles. The molecule has 0 radical (unpaired) electrons. The average Bonchev–Trinajstić information content (AvgIpc) is 1.79. The average molecular weight is 1220 g/mol. The van der Waals surface area contributed by atoms with Crippen molar-refractivity contribution in [3.05, 3.63) is 191 Å². The van der Waals surface area contributed by atoms with Crippen molar-refractivity contribution < 1.29 is 59.4 Å². The lowest BCUT2D eigenvalue weighted by atomic mass is 9.95. The summed E-state index contributed by atoms with van der Waals surface area (Å²) in [5, 5.41) is 19.3. The number of hydrogen-bond acceptors (Lipinski definition) is 18. The number of imidazole rings is 1. The number of carbonyl (C=O) groups is 3. The quantitative estimate of drug-likeness (QED) is 0.0860. The predicted molar refractivity (Wildman–Crippen MR) is 307 cm³/mol. The summed E-state index contributed by atoms with van der Waals surface area (Å²) in [6, 6.07) is 22.0. The van der Waals surface area contributed by atoms with Gasteiger partial charge in [-0.3, -0.25) is 14.4 Å². The van der Waals surface area contributed by atoms with Crippen LogP contribution in [-0.2, 0) is 22.3 Å². The highest BCUT2D eigenvalue weighted by Gasteiger charge is 2.40. The zero-order chi connectivity index (χ0) is 61.6. The second-order valence-corrected chi connectivity index (χ2v) is 20.4. The number of halogens is 7. The molecule has 23 nitrogen and oxygen atoms in total. The molecule has 4 aliphatic heterocycles. The Morgan fingerprint density at radius 2 is 1.48 bits per heavy atom. The van der Waals surface area contributed by atoms with Crippen molar-refractivity contribution >= 4 is 63.9 Å². The van der Waals surface area contributed by atoms with Crippen LogP contribution in [0.1, 0.15) is 44.8 Å². The smallest absolute Gasteiger partial charge is 0.417 e. The molecule has 8 aromatic rings. The molecule has 452 valence electrons. The first-order valence-corrected chi connectivity index (χ1v) is 27.5. The van der Waals surface area contributed by atoms with Gasteiger partial charge in [-0.2, -0.15) is 41.4 Å². The van der Waals surface area contributed by atoms with E-state index in [4.69, 9.17) is 19.4 Å². The zero-order valence-electron chi connectivity index (χ0n) is 46.2. The predicted octanol–water partition coefficient (Wildman–Crippen LogP) is 9.09. The number of hydrazine groups is 1. The molecule has 0 bridgehead atoms. The fraction of sp³-hybridized carbons (Fsp3) is 0.203. The van der Waals surface area contributed by atoms with Crippen molar-refractivity contribution in [2.45, 2.75) is 38.0 Å². The number of aromatic nitrogens is 9. The molecule has 2 saturated heterocycles. The van der Waals surface area contributed by atoms with E-state index in [2.05, 4.69) is 51.0 Å². The summed E-state index contributed by atoms with van der Waals surface area (Å²) >= 11 is 0. The first-order valence-electron chi connectivity index (χ1n) is 27.5. The fourth-order valence-electron chi connectivity index (χ4n) is 10.3. The van der Waals surface area contributed by atoms with Gasteiger partial charge >= 0.3 is 12.4 Å². The molecule has 13 rings (SSSR count). The summed E-state index contributed by atoms with van der Waals surface area (Å²) in [5.74, 6) is -1.30. The Balaban J connectivity index is 0.746. The Morgan fingerprint density at radius 3 is 2.26 bits per heavy atom. The highest BCUT2D eigenvalue weighted by Crippen LogP contribution is 2.40. The van der Waals surface area contributed by atoms with Gasteiger partial charge in [-0.25, -0.2) is 38.4 Å². The summed E-state index contributed by atoms with van der Waals surface area (Å²) in [4.78, 5) is 79.1. The standard InChI is InChI=1S/C59H46F7N17O6/c60-35-18-21-79(31-35)49-28-34(52-67-30-44(83(52)77-49)57(86)76-45-12-5-15-48(71-45)78-24-26-87-27-25-78)33-88-50-16-6-13-46(72-50)75-56(85)39-32-82(81-23-20-43(70-54(39)81)37-9-2-4-11-41(37)59(64,65)66)89-51-17-7-14-47(73-51)74-55(84)38-29-68-80-22-19-42(69-53(38)80)36-8-1-3-10-40(36)58(61,62)63/h1-8,10-17,19-20,22-23,28-30,32,35H,9,18,21,24-27,31,33H2,(H,71,76,86)(H,72,75,85)(H,73,74,84)/t35-/m0/s1. The van der Waals surface area contributed by atoms with Crippen molar-refractivity contribution in [2.24, 2.45) is 4.99 Å². The maximum atomic E-state index is 14.6. The summed E-state index contributed by atoms with van der Waals surface area (Å²) in [5.41, 5.74) is -2.01. The lowest BCUT2D eigenvalue weighted by Crippen LogP contribution is -2.39. The number of benzene rings is 1. The second-order valence-electron chi connectivity index (χ2n) is 20.4. The number of morpholine rings is 1. The molecule has 5 aliphatic rings. The number of rotatable bonds is 14. The van der Waals surface area contributed by atoms with Gasteiger partial charge < -0.3 is 40.1 Å². The lowest BCUT2D eigenvalue weighted by Gasteiger charge is -2.29. The van der Waals surface area contributed by atoms with Crippen molar-refractivity contribution in [1.29, 1.82) is 0 Å². The third kappa shape index (κ3) is 11.9. The number of hydroxylamine groups is 1. The third-order valence-electron chi connectivity index (χ3n) is 14.6. The number of amidine groups is 1. The number of ether oxygens (including phenoxy) is 2. The van der Waals surface area contributed by atoms with Crippen LogP contribution < -0.4 is 35.3 Å². The van der Waals surface area contributed by atoms with Crippen molar-refractivity contribution in [2.75, 3.05) is 65.1 Å². The number of pyridine rings is 3. The van der Waals surface area contributed by atoms with Crippen LogP contribution in [0.2, 0.25) is 0 Å². The number of nitrogens with zero attached hydrogens (tertiary/aromatic N) is 14. The van der Waals surface area contributed by atoms with Gasteiger partial charge in [-0.05, 0) is 73.0 Å². The van der Waals surface area contributed by atoms with Crippen LogP contribution in [0.15, 0.2) is 174 Å². The number of hydrogen-bond donors (Lipinski definition) is 3. The fourth-order valence-corrected chi connectivity index (χ4v) is 10.3. The van der Waals surface area contributed by atoms with Crippen molar-refractivity contribution in [3.63, 3.8) is 0 Å². The van der Waals surface area contributed by atoms with Gasteiger partial charge in [0.05, 0.1) is 60.9 Å². The summed E-state index contributed by atoms with van der Waals surface area (Å²) in [6.45, 7) is 2.59. The molecule has 30 heteroatoms. The maximum Gasteiger partial charge on any atom is 0.417 e. The van der Waals surface area contributed by atoms with E-state index in [-0.39, 0.29) is 106 Å². The normalized spacial score (nSPS) is 17.6. The molecular formula is C59H46F7N17O6.